The predicted molar refractivity (Wildman–Crippen MR) is 57.1 cm³/mol. The first-order chi connectivity index (χ1) is 7.75. The molecule has 0 radical (unpaired) electrons. The van der Waals surface area contributed by atoms with E-state index < -0.39 is 4.92 Å². The van der Waals surface area contributed by atoms with Crippen LogP contribution in [-0.4, -0.2) is 19.3 Å². The van der Waals surface area contributed by atoms with E-state index in [2.05, 4.69) is 9.97 Å². The second-order valence-electron chi connectivity index (χ2n) is 3.33. The average molecular weight is 214 g/mol. The van der Waals surface area contributed by atoms with E-state index in [1.54, 1.807) is 22.7 Å². The van der Waals surface area contributed by atoms with Crippen molar-refractivity contribution < 1.29 is 4.92 Å². The number of benzene rings is 1. The summed E-state index contributed by atoms with van der Waals surface area (Å²) in [5, 5.41) is 10.6. The number of non-ortho nitro benzene ring substituents is 1. The van der Waals surface area contributed by atoms with E-state index in [-0.39, 0.29) is 5.69 Å². The Hall–Kier alpha value is -2.50. The Labute approximate surface area is 89.3 Å². The summed E-state index contributed by atoms with van der Waals surface area (Å²) in [6.45, 7) is 0. The number of nitro benzene ring substituents is 1. The van der Waals surface area contributed by atoms with E-state index in [9.17, 15) is 10.1 Å². The quantitative estimate of drug-likeness (QED) is 0.457. The van der Waals surface area contributed by atoms with Gasteiger partial charge in [0.05, 0.1) is 16.0 Å². The maximum Gasteiger partial charge on any atom is 0.271 e. The van der Waals surface area contributed by atoms with Crippen molar-refractivity contribution in [2.24, 2.45) is 0 Å². The van der Waals surface area contributed by atoms with Crippen molar-refractivity contribution in [2.75, 3.05) is 0 Å². The van der Waals surface area contributed by atoms with Gasteiger partial charge in [-0.3, -0.25) is 14.5 Å². The molecule has 0 fully saturated rings. The van der Waals surface area contributed by atoms with Crippen molar-refractivity contribution >= 4 is 22.5 Å². The molecule has 2 aromatic heterocycles. The van der Waals surface area contributed by atoms with Crippen molar-refractivity contribution in [1.82, 2.24) is 14.4 Å². The first kappa shape index (κ1) is 8.78. The van der Waals surface area contributed by atoms with E-state index in [0.717, 1.165) is 5.52 Å². The van der Waals surface area contributed by atoms with E-state index in [0.29, 0.717) is 11.3 Å². The Kier molecular flexibility index (Phi) is 1.64. The predicted octanol–water partition coefficient (Wildman–Crippen LogP) is 1.79. The summed E-state index contributed by atoms with van der Waals surface area (Å²) in [5.41, 5.74) is 1.43. The zero-order valence-corrected chi connectivity index (χ0v) is 8.07. The molecule has 0 aliphatic carbocycles. The topological polar surface area (TPSA) is 73.3 Å². The second-order valence-corrected chi connectivity index (χ2v) is 3.33. The lowest BCUT2D eigenvalue weighted by atomic mass is 10.3. The van der Waals surface area contributed by atoms with Gasteiger partial charge in [-0.1, -0.05) is 0 Å². The molecule has 0 atom stereocenters. The largest absolute Gasteiger partial charge is 0.284 e. The van der Waals surface area contributed by atoms with Crippen LogP contribution in [0.3, 0.4) is 0 Å². The molecule has 0 saturated carbocycles. The first-order valence-corrected chi connectivity index (χ1v) is 4.63. The summed E-state index contributed by atoms with van der Waals surface area (Å²) in [7, 11) is 0. The lowest BCUT2D eigenvalue weighted by Crippen LogP contribution is -1.87. The maximum absolute atomic E-state index is 10.6. The van der Waals surface area contributed by atoms with Gasteiger partial charge in [0.1, 0.15) is 0 Å². The fraction of sp³-hybridized carbons (Fsp3) is 0. The third kappa shape index (κ3) is 1.13. The van der Waals surface area contributed by atoms with Crippen molar-refractivity contribution in [3.63, 3.8) is 0 Å². The van der Waals surface area contributed by atoms with Gasteiger partial charge in [0, 0.05) is 24.5 Å². The molecule has 3 rings (SSSR count). The normalized spacial score (nSPS) is 11.0. The number of imidazole rings is 1. The highest BCUT2D eigenvalue weighted by molar-refractivity contribution is 5.81. The SMILES string of the molecule is O=[N+]([O-])c1ccc2c(c1)nc1ncccn12. The summed E-state index contributed by atoms with van der Waals surface area (Å²) in [5.74, 6) is 0.540. The zero-order chi connectivity index (χ0) is 11.1. The summed E-state index contributed by atoms with van der Waals surface area (Å²) >= 11 is 0. The summed E-state index contributed by atoms with van der Waals surface area (Å²) in [4.78, 5) is 18.5. The van der Waals surface area contributed by atoms with Crippen LogP contribution >= 0.6 is 0 Å². The smallest absolute Gasteiger partial charge is 0.271 e. The molecule has 0 unspecified atom stereocenters. The molecule has 0 aliphatic rings. The van der Waals surface area contributed by atoms with Crippen LogP contribution < -0.4 is 0 Å². The minimum absolute atomic E-state index is 0.0379. The number of nitro groups is 1. The number of aromatic nitrogens is 3. The second kappa shape index (κ2) is 2.99. The van der Waals surface area contributed by atoms with Gasteiger partial charge in [0.15, 0.2) is 0 Å². The molecule has 0 aliphatic heterocycles. The van der Waals surface area contributed by atoms with Crippen LogP contribution in [0.5, 0.6) is 0 Å². The van der Waals surface area contributed by atoms with Gasteiger partial charge < -0.3 is 0 Å². The zero-order valence-electron chi connectivity index (χ0n) is 8.07. The molecular weight excluding hydrogens is 208 g/mol. The number of fused-ring (bicyclic) bond motifs is 3. The van der Waals surface area contributed by atoms with Crippen molar-refractivity contribution in [2.45, 2.75) is 0 Å². The molecule has 6 heteroatoms. The minimum Gasteiger partial charge on any atom is -0.284 e. The number of hydrogen-bond acceptors (Lipinski definition) is 4. The molecule has 1 aromatic carbocycles. The Morgan fingerprint density at radius 1 is 1.38 bits per heavy atom. The first-order valence-electron chi connectivity index (χ1n) is 4.63. The van der Waals surface area contributed by atoms with Crippen LogP contribution in [0.1, 0.15) is 0 Å². The van der Waals surface area contributed by atoms with Crippen molar-refractivity contribution in [1.29, 1.82) is 0 Å². The fourth-order valence-electron chi connectivity index (χ4n) is 1.66. The minimum atomic E-state index is -0.434. The molecule has 0 saturated heterocycles. The third-order valence-corrected chi connectivity index (χ3v) is 2.38. The molecule has 0 amide bonds. The molecule has 6 nitrogen and oxygen atoms in total. The molecule has 2 heterocycles. The standard InChI is InChI=1S/C10H6N4O2/c15-14(16)7-2-3-9-8(6-7)12-10-11-4-1-5-13(9)10/h1-6H. The van der Waals surface area contributed by atoms with E-state index in [1.165, 1.54) is 12.1 Å². The van der Waals surface area contributed by atoms with Crippen LogP contribution in [0.15, 0.2) is 36.7 Å². The molecule has 78 valence electrons. The molecule has 0 bridgehead atoms. The van der Waals surface area contributed by atoms with Crippen LogP contribution in [0.25, 0.3) is 16.8 Å². The molecule has 16 heavy (non-hydrogen) atoms. The highest BCUT2D eigenvalue weighted by Gasteiger charge is 2.10. The van der Waals surface area contributed by atoms with Crippen LogP contribution in [0, 0.1) is 10.1 Å². The molecule has 3 aromatic rings. The fourth-order valence-corrected chi connectivity index (χ4v) is 1.66. The monoisotopic (exact) mass is 214 g/mol. The van der Waals surface area contributed by atoms with E-state index in [1.807, 2.05) is 6.20 Å². The Bertz CT molecular complexity index is 704. The van der Waals surface area contributed by atoms with Crippen molar-refractivity contribution in [3.05, 3.63) is 46.8 Å². The van der Waals surface area contributed by atoms with Crippen LogP contribution in [-0.2, 0) is 0 Å². The van der Waals surface area contributed by atoms with Crippen LogP contribution in [0.2, 0.25) is 0 Å². The average Bonchev–Trinajstić information content (AvgIpc) is 2.66. The molecule has 0 N–H and O–H groups in total. The lowest BCUT2D eigenvalue weighted by Gasteiger charge is -1.93. The van der Waals surface area contributed by atoms with Gasteiger partial charge in [0.25, 0.3) is 5.69 Å². The Morgan fingerprint density at radius 2 is 2.25 bits per heavy atom. The number of rotatable bonds is 1. The highest BCUT2D eigenvalue weighted by atomic mass is 16.6. The number of nitrogens with zero attached hydrogens (tertiary/aromatic N) is 4. The Balaban J connectivity index is 2.41. The molecule has 0 spiro atoms. The lowest BCUT2D eigenvalue weighted by molar-refractivity contribution is -0.384. The van der Waals surface area contributed by atoms with Gasteiger partial charge >= 0.3 is 0 Å². The number of hydrogen-bond donors (Lipinski definition) is 0. The third-order valence-electron chi connectivity index (χ3n) is 2.38. The van der Waals surface area contributed by atoms with E-state index >= 15 is 0 Å². The van der Waals surface area contributed by atoms with E-state index in [4.69, 9.17) is 0 Å². The van der Waals surface area contributed by atoms with Gasteiger partial charge in [0.2, 0.25) is 5.78 Å². The van der Waals surface area contributed by atoms with Gasteiger partial charge in [-0.05, 0) is 12.1 Å². The van der Waals surface area contributed by atoms with Gasteiger partial charge in [-0.15, -0.1) is 0 Å². The summed E-state index contributed by atoms with van der Waals surface area (Å²) in [6.07, 6.45) is 3.46. The Morgan fingerprint density at radius 3 is 3.06 bits per heavy atom. The van der Waals surface area contributed by atoms with Gasteiger partial charge in [-0.2, -0.15) is 0 Å². The highest BCUT2D eigenvalue weighted by Crippen LogP contribution is 2.20. The van der Waals surface area contributed by atoms with Crippen molar-refractivity contribution in [3.8, 4) is 0 Å². The summed E-state index contributed by atoms with van der Waals surface area (Å²) < 4.78 is 1.79. The molecular formula is C10H6N4O2. The van der Waals surface area contributed by atoms with Crippen LogP contribution in [0.4, 0.5) is 5.69 Å². The summed E-state index contributed by atoms with van der Waals surface area (Å²) in [6, 6.07) is 6.37. The maximum atomic E-state index is 10.6. The van der Waals surface area contributed by atoms with Gasteiger partial charge in [-0.25, -0.2) is 9.97 Å².